The molecule has 0 spiro atoms. The van der Waals surface area contributed by atoms with E-state index < -0.39 is 5.97 Å². The minimum atomic E-state index is -0.763. The average Bonchev–Trinajstić information content (AvgIpc) is 2.42. The van der Waals surface area contributed by atoms with Crippen molar-refractivity contribution >= 4 is 12.0 Å². The van der Waals surface area contributed by atoms with Crippen LogP contribution in [0.25, 0.3) is 0 Å². The highest BCUT2D eigenvalue weighted by Gasteiger charge is 2.35. The standard InChI is InChI=1S/C16H30N2O3/c1-4-18(11-13(2)3)15(21)17-12-16(10-14(19)20)8-6-5-7-9-16/h13H,4-12H2,1-3H3,(H,17,21)(H,19,20). The third-order valence-corrected chi connectivity index (χ3v) is 4.31. The number of hydrogen-bond donors (Lipinski definition) is 2. The molecule has 0 atom stereocenters. The maximum atomic E-state index is 12.2. The first-order valence-electron chi connectivity index (χ1n) is 8.13. The Balaban J connectivity index is 2.59. The van der Waals surface area contributed by atoms with Gasteiger partial charge < -0.3 is 15.3 Å². The van der Waals surface area contributed by atoms with E-state index in [1.54, 1.807) is 4.90 Å². The van der Waals surface area contributed by atoms with Crippen molar-refractivity contribution in [3.8, 4) is 0 Å². The lowest BCUT2D eigenvalue weighted by molar-refractivity contribution is -0.140. The summed E-state index contributed by atoms with van der Waals surface area (Å²) in [4.78, 5) is 25.2. The van der Waals surface area contributed by atoms with Gasteiger partial charge in [0.05, 0.1) is 6.42 Å². The molecule has 0 heterocycles. The number of hydrogen-bond acceptors (Lipinski definition) is 2. The monoisotopic (exact) mass is 298 g/mol. The average molecular weight is 298 g/mol. The van der Waals surface area contributed by atoms with Crippen molar-refractivity contribution < 1.29 is 14.7 Å². The lowest BCUT2D eigenvalue weighted by Crippen LogP contribution is -2.47. The normalized spacial score (nSPS) is 17.5. The number of amides is 2. The van der Waals surface area contributed by atoms with E-state index in [1.807, 2.05) is 6.92 Å². The van der Waals surface area contributed by atoms with Gasteiger partial charge in [0.1, 0.15) is 0 Å². The molecule has 5 nitrogen and oxygen atoms in total. The number of aliphatic carboxylic acids is 1. The van der Waals surface area contributed by atoms with Crippen LogP contribution in [-0.4, -0.2) is 41.6 Å². The van der Waals surface area contributed by atoms with Crippen LogP contribution < -0.4 is 5.32 Å². The number of nitrogens with one attached hydrogen (secondary N) is 1. The SMILES string of the molecule is CCN(CC(C)C)C(=O)NCC1(CC(=O)O)CCCCC1. The number of urea groups is 1. The Kier molecular flexibility index (Phi) is 6.99. The quantitative estimate of drug-likeness (QED) is 0.758. The molecule has 0 aromatic rings. The summed E-state index contributed by atoms with van der Waals surface area (Å²) >= 11 is 0. The molecule has 0 aromatic heterocycles. The van der Waals surface area contributed by atoms with Gasteiger partial charge in [-0.25, -0.2) is 4.79 Å². The van der Waals surface area contributed by atoms with Crippen molar-refractivity contribution in [1.29, 1.82) is 0 Å². The van der Waals surface area contributed by atoms with Crippen LogP contribution in [0.2, 0.25) is 0 Å². The highest BCUT2D eigenvalue weighted by Crippen LogP contribution is 2.38. The zero-order valence-electron chi connectivity index (χ0n) is 13.7. The van der Waals surface area contributed by atoms with Gasteiger partial charge in [0.25, 0.3) is 0 Å². The minimum Gasteiger partial charge on any atom is -0.481 e. The molecule has 1 aliphatic carbocycles. The zero-order chi connectivity index (χ0) is 15.9. The molecule has 1 rings (SSSR count). The number of carboxylic acid groups (broad SMARTS) is 1. The largest absolute Gasteiger partial charge is 0.481 e. The number of nitrogens with zero attached hydrogens (tertiary/aromatic N) is 1. The van der Waals surface area contributed by atoms with Gasteiger partial charge in [0.15, 0.2) is 0 Å². The maximum absolute atomic E-state index is 12.2. The smallest absolute Gasteiger partial charge is 0.317 e. The Bertz CT molecular complexity index is 349. The lowest BCUT2D eigenvalue weighted by atomic mass is 9.72. The van der Waals surface area contributed by atoms with Gasteiger partial charge >= 0.3 is 12.0 Å². The molecule has 5 heteroatoms. The molecule has 0 aromatic carbocycles. The van der Waals surface area contributed by atoms with E-state index in [0.717, 1.165) is 32.2 Å². The lowest BCUT2D eigenvalue weighted by Gasteiger charge is -2.37. The van der Waals surface area contributed by atoms with Gasteiger partial charge in [-0.1, -0.05) is 33.1 Å². The summed E-state index contributed by atoms with van der Waals surface area (Å²) in [5, 5.41) is 12.1. The van der Waals surface area contributed by atoms with Crippen LogP contribution in [0.1, 0.15) is 59.3 Å². The number of carbonyl (C=O) groups is 2. The minimum absolute atomic E-state index is 0.0680. The molecular weight excluding hydrogens is 268 g/mol. The van der Waals surface area contributed by atoms with Gasteiger partial charge in [-0.2, -0.15) is 0 Å². The molecule has 2 N–H and O–H groups in total. The third-order valence-electron chi connectivity index (χ3n) is 4.31. The van der Waals surface area contributed by atoms with Crippen LogP contribution >= 0.6 is 0 Å². The highest BCUT2D eigenvalue weighted by molar-refractivity contribution is 5.74. The highest BCUT2D eigenvalue weighted by atomic mass is 16.4. The Morgan fingerprint density at radius 1 is 1.24 bits per heavy atom. The summed E-state index contributed by atoms with van der Waals surface area (Å²) in [6.07, 6.45) is 5.25. The third kappa shape index (κ3) is 5.94. The topological polar surface area (TPSA) is 69.6 Å². The molecule has 0 unspecified atom stereocenters. The summed E-state index contributed by atoms with van der Waals surface area (Å²) in [5.41, 5.74) is -0.253. The van der Waals surface area contributed by atoms with Crippen LogP contribution in [0.3, 0.4) is 0 Å². The first kappa shape index (κ1) is 17.8. The molecule has 21 heavy (non-hydrogen) atoms. The van der Waals surface area contributed by atoms with Crippen LogP contribution in [0.5, 0.6) is 0 Å². The Labute approximate surface area is 128 Å². The fraction of sp³-hybridized carbons (Fsp3) is 0.875. The van der Waals surface area contributed by atoms with Crippen LogP contribution in [0.4, 0.5) is 4.79 Å². The van der Waals surface area contributed by atoms with E-state index in [1.165, 1.54) is 6.42 Å². The van der Waals surface area contributed by atoms with E-state index in [4.69, 9.17) is 5.11 Å². The van der Waals surface area contributed by atoms with Gasteiger partial charge in [-0.05, 0) is 31.1 Å². The fourth-order valence-corrected chi connectivity index (χ4v) is 3.21. The molecule has 0 bridgehead atoms. The van der Waals surface area contributed by atoms with Crippen LogP contribution in [0, 0.1) is 11.3 Å². The molecule has 1 fully saturated rings. The number of carbonyl (C=O) groups excluding carboxylic acids is 1. The fourth-order valence-electron chi connectivity index (χ4n) is 3.21. The second-order valence-corrected chi connectivity index (χ2v) is 6.72. The predicted octanol–water partition coefficient (Wildman–Crippen LogP) is 3.10. The first-order chi connectivity index (χ1) is 9.88. The van der Waals surface area contributed by atoms with E-state index in [0.29, 0.717) is 19.0 Å². The van der Waals surface area contributed by atoms with Crippen molar-refractivity contribution in [2.45, 2.75) is 59.3 Å². The van der Waals surface area contributed by atoms with Crippen molar-refractivity contribution in [3.05, 3.63) is 0 Å². The summed E-state index contributed by atoms with van der Waals surface area (Å²) < 4.78 is 0. The number of rotatable bonds is 7. The van der Waals surface area contributed by atoms with Gasteiger partial charge in [0, 0.05) is 19.6 Å². The van der Waals surface area contributed by atoms with Crippen molar-refractivity contribution in [2.75, 3.05) is 19.6 Å². The van der Waals surface area contributed by atoms with Gasteiger partial charge in [0.2, 0.25) is 0 Å². The van der Waals surface area contributed by atoms with E-state index in [2.05, 4.69) is 19.2 Å². The van der Waals surface area contributed by atoms with Gasteiger partial charge in [-0.15, -0.1) is 0 Å². The zero-order valence-corrected chi connectivity index (χ0v) is 13.7. The molecule has 0 radical (unpaired) electrons. The van der Waals surface area contributed by atoms with Crippen LogP contribution in [-0.2, 0) is 4.79 Å². The predicted molar refractivity (Wildman–Crippen MR) is 83.3 cm³/mol. The van der Waals surface area contributed by atoms with E-state index >= 15 is 0 Å². The van der Waals surface area contributed by atoms with Gasteiger partial charge in [-0.3, -0.25) is 4.79 Å². The summed E-state index contributed by atoms with van der Waals surface area (Å²) in [6, 6.07) is -0.0680. The Hall–Kier alpha value is -1.26. The number of carboxylic acids is 1. The second-order valence-electron chi connectivity index (χ2n) is 6.72. The maximum Gasteiger partial charge on any atom is 0.317 e. The molecule has 0 aliphatic heterocycles. The molecule has 1 aliphatic rings. The van der Waals surface area contributed by atoms with E-state index in [9.17, 15) is 9.59 Å². The Morgan fingerprint density at radius 2 is 1.86 bits per heavy atom. The van der Waals surface area contributed by atoms with Crippen molar-refractivity contribution in [2.24, 2.45) is 11.3 Å². The molecule has 0 saturated heterocycles. The molecule has 1 saturated carbocycles. The summed E-state index contributed by atoms with van der Waals surface area (Å²) in [6.45, 7) is 8.03. The molecule has 122 valence electrons. The first-order valence-corrected chi connectivity index (χ1v) is 8.13. The Morgan fingerprint density at radius 3 is 2.33 bits per heavy atom. The van der Waals surface area contributed by atoms with Crippen LogP contribution in [0.15, 0.2) is 0 Å². The summed E-state index contributed by atoms with van der Waals surface area (Å²) in [5.74, 6) is -0.334. The molecule has 2 amide bonds. The van der Waals surface area contributed by atoms with E-state index in [-0.39, 0.29) is 17.9 Å². The van der Waals surface area contributed by atoms with Crippen molar-refractivity contribution in [3.63, 3.8) is 0 Å². The van der Waals surface area contributed by atoms with Crippen molar-refractivity contribution in [1.82, 2.24) is 10.2 Å². The summed E-state index contributed by atoms with van der Waals surface area (Å²) in [7, 11) is 0. The molecular formula is C16H30N2O3. The second kappa shape index (κ2) is 8.25.